The van der Waals surface area contributed by atoms with E-state index < -0.39 is 0 Å². The second-order valence-corrected chi connectivity index (χ2v) is 4.73. The molecule has 21 heavy (non-hydrogen) atoms. The Bertz CT molecular complexity index is 636. The molecule has 0 saturated heterocycles. The number of anilines is 1. The summed E-state index contributed by atoms with van der Waals surface area (Å²) in [7, 11) is 4.98. The standard InChI is InChI=1S/C16H18N2O3/c1-18(2)16(19)14-9-4-11(17)10-15(14)21-13-7-5-12(20-3)6-8-13/h4-10H,17H2,1-3H3. The van der Waals surface area contributed by atoms with Gasteiger partial charge in [-0.1, -0.05) is 0 Å². The van der Waals surface area contributed by atoms with Crippen molar-refractivity contribution < 1.29 is 14.3 Å². The van der Waals surface area contributed by atoms with Gasteiger partial charge >= 0.3 is 0 Å². The van der Waals surface area contributed by atoms with E-state index in [-0.39, 0.29) is 5.91 Å². The predicted molar refractivity (Wildman–Crippen MR) is 81.9 cm³/mol. The summed E-state index contributed by atoms with van der Waals surface area (Å²) < 4.78 is 10.9. The highest BCUT2D eigenvalue weighted by Crippen LogP contribution is 2.29. The van der Waals surface area contributed by atoms with E-state index in [9.17, 15) is 4.79 Å². The van der Waals surface area contributed by atoms with Gasteiger partial charge in [0, 0.05) is 25.8 Å². The number of hydrogen-bond acceptors (Lipinski definition) is 4. The van der Waals surface area contributed by atoms with Gasteiger partial charge in [0.1, 0.15) is 17.2 Å². The minimum Gasteiger partial charge on any atom is -0.497 e. The van der Waals surface area contributed by atoms with Crippen LogP contribution >= 0.6 is 0 Å². The third-order valence-corrected chi connectivity index (χ3v) is 2.93. The molecule has 0 unspecified atom stereocenters. The van der Waals surface area contributed by atoms with Crippen molar-refractivity contribution >= 4 is 11.6 Å². The summed E-state index contributed by atoms with van der Waals surface area (Å²) in [5, 5.41) is 0. The molecule has 0 aliphatic heterocycles. The molecule has 0 aliphatic carbocycles. The van der Waals surface area contributed by atoms with Crippen molar-refractivity contribution in [3.05, 3.63) is 48.0 Å². The fourth-order valence-corrected chi connectivity index (χ4v) is 1.81. The first-order valence-corrected chi connectivity index (χ1v) is 6.44. The fourth-order valence-electron chi connectivity index (χ4n) is 1.81. The van der Waals surface area contributed by atoms with Gasteiger partial charge in [0.15, 0.2) is 0 Å². The van der Waals surface area contributed by atoms with Gasteiger partial charge in [-0.25, -0.2) is 0 Å². The summed E-state index contributed by atoms with van der Waals surface area (Å²) in [5.74, 6) is 1.63. The minimum absolute atomic E-state index is 0.140. The van der Waals surface area contributed by atoms with Crippen LogP contribution in [0.25, 0.3) is 0 Å². The van der Waals surface area contributed by atoms with Crippen molar-refractivity contribution in [2.75, 3.05) is 26.9 Å². The van der Waals surface area contributed by atoms with Gasteiger partial charge in [0.25, 0.3) is 5.91 Å². The van der Waals surface area contributed by atoms with Gasteiger partial charge < -0.3 is 20.1 Å². The Hall–Kier alpha value is -2.69. The predicted octanol–water partition coefficient (Wildman–Crippen LogP) is 2.77. The van der Waals surface area contributed by atoms with Crippen molar-refractivity contribution in [2.45, 2.75) is 0 Å². The van der Waals surface area contributed by atoms with Crippen LogP contribution in [0.15, 0.2) is 42.5 Å². The lowest BCUT2D eigenvalue weighted by Crippen LogP contribution is -2.22. The molecule has 0 saturated carbocycles. The van der Waals surface area contributed by atoms with Gasteiger partial charge in [0.05, 0.1) is 12.7 Å². The van der Waals surface area contributed by atoms with Gasteiger partial charge in [0.2, 0.25) is 0 Å². The third-order valence-electron chi connectivity index (χ3n) is 2.93. The van der Waals surface area contributed by atoms with E-state index in [1.807, 2.05) is 0 Å². The zero-order chi connectivity index (χ0) is 15.4. The van der Waals surface area contributed by atoms with Crippen molar-refractivity contribution in [3.8, 4) is 17.2 Å². The summed E-state index contributed by atoms with van der Waals surface area (Å²) >= 11 is 0. The molecule has 0 atom stereocenters. The lowest BCUT2D eigenvalue weighted by atomic mass is 10.1. The van der Waals surface area contributed by atoms with Crippen LogP contribution in [-0.2, 0) is 0 Å². The average molecular weight is 286 g/mol. The maximum absolute atomic E-state index is 12.2. The highest BCUT2D eigenvalue weighted by atomic mass is 16.5. The highest BCUT2D eigenvalue weighted by molar-refractivity contribution is 5.97. The van der Waals surface area contributed by atoms with Crippen LogP contribution < -0.4 is 15.2 Å². The summed E-state index contributed by atoms with van der Waals surface area (Å²) in [6.07, 6.45) is 0. The monoisotopic (exact) mass is 286 g/mol. The molecule has 5 nitrogen and oxygen atoms in total. The van der Waals surface area contributed by atoms with Crippen LogP contribution in [0.2, 0.25) is 0 Å². The van der Waals surface area contributed by atoms with E-state index in [2.05, 4.69) is 0 Å². The molecule has 0 heterocycles. The van der Waals surface area contributed by atoms with Crippen LogP contribution in [0.1, 0.15) is 10.4 Å². The molecule has 0 aliphatic rings. The van der Waals surface area contributed by atoms with Crippen molar-refractivity contribution in [1.82, 2.24) is 4.90 Å². The number of nitrogens with zero attached hydrogens (tertiary/aromatic N) is 1. The Morgan fingerprint density at radius 1 is 1.05 bits per heavy atom. The summed E-state index contributed by atoms with van der Waals surface area (Å²) in [6.45, 7) is 0. The quantitative estimate of drug-likeness (QED) is 0.878. The van der Waals surface area contributed by atoms with Gasteiger partial charge in [-0.05, 0) is 36.4 Å². The Morgan fingerprint density at radius 3 is 2.24 bits per heavy atom. The maximum atomic E-state index is 12.2. The lowest BCUT2D eigenvalue weighted by Gasteiger charge is -2.15. The Balaban J connectivity index is 2.33. The smallest absolute Gasteiger partial charge is 0.257 e. The molecule has 0 aromatic heterocycles. The molecule has 0 spiro atoms. The molecular weight excluding hydrogens is 268 g/mol. The first kappa shape index (κ1) is 14.7. The number of rotatable bonds is 4. The molecule has 5 heteroatoms. The van der Waals surface area contributed by atoms with Crippen molar-refractivity contribution in [1.29, 1.82) is 0 Å². The molecule has 2 aromatic carbocycles. The van der Waals surface area contributed by atoms with E-state index in [4.69, 9.17) is 15.2 Å². The number of nitrogens with two attached hydrogens (primary N) is 1. The Labute approximate surface area is 123 Å². The molecule has 0 radical (unpaired) electrons. The largest absolute Gasteiger partial charge is 0.497 e. The van der Waals surface area contributed by atoms with Crippen LogP contribution in [0.5, 0.6) is 17.2 Å². The number of hydrogen-bond donors (Lipinski definition) is 1. The van der Waals surface area contributed by atoms with E-state index >= 15 is 0 Å². The lowest BCUT2D eigenvalue weighted by molar-refractivity contribution is 0.0825. The van der Waals surface area contributed by atoms with Crippen LogP contribution in [0.3, 0.4) is 0 Å². The SMILES string of the molecule is COc1ccc(Oc2cc(N)ccc2C(=O)N(C)C)cc1. The number of amides is 1. The normalized spacial score (nSPS) is 10.0. The van der Waals surface area contributed by atoms with Crippen molar-refractivity contribution in [2.24, 2.45) is 0 Å². The molecular formula is C16H18N2O3. The first-order valence-electron chi connectivity index (χ1n) is 6.44. The van der Waals surface area contributed by atoms with Gasteiger partial charge in [-0.2, -0.15) is 0 Å². The number of methoxy groups -OCH3 is 1. The molecule has 110 valence electrons. The average Bonchev–Trinajstić information content (AvgIpc) is 2.47. The summed E-state index contributed by atoms with van der Waals surface area (Å²) in [6, 6.07) is 12.1. The highest BCUT2D eigenvalue weighted by Gasteiger charge is 2.15. The second kappa shape index (κ2) is 6.17. The zero-order valence-electron chi connectivity index (χ0n) is 12.3. The van der Waals surface area contributed by atoms with Crippen molar-refractivity contribution in [3.63, 3.8) is 0 Å². The van der Waals surface area contributed by atoms with E-state index in [0.717, 1.165) is 5.75 Å². The number of carbonyl (C=O) groups is 1. The summed E-state index contributed by atoms with van der Waals surface area (Å²) in [4.78, 5) is 13.6. The number of carbonyl (C=O) groups excluding carboxylic acids is 1. The van der Waals surface area contributed by atoms with Crippen LogP contribution in [0.4, 0.5) is 5.69 Å². The molecule has 2 rings (SSSR count). The van der Waals surface area contributed by atoms with Crippen LogP contribution in [-0.4, -0.2) is 32.0 Å². The number of benzene rings is 2. The topological polar surface area (TPSA) is 64.8 Å². The minimum atomic E-state index is -0.140. The van der Waals surface area contributed by atoms with Gasteiger partial charge in [-0.3, -0.25) is 4.79 Å². The molecule has 1 amide bonds. The fraction of sp³-hybridized carbons (Fsp3) is 0.188. The Kier molecular flexibility index (Phi) is 4.33. The van der Waals surface area contributed by atoms with E-state index in [1.165, 1.54) is 4.90 Å². The molecule has 2 N–H and O–H groups in total. The molecule has 0 fully saturated rings. The second-order valence-electron chi connectivity index (χ2n) is 4.73. The van der Waals surface area contributed by atoms with E-state index in [0.29, 0.717) is 22.7 Å². The summed E-state index contributed by atoms with van der Waals surface area (Å²) in [5.41, 5.74) is 6.78. The third kappa shape index (κ3) is 3.45. The zero-order valence-corrected chi connectivity index (χ0v) is 12.3. The first-order chi connectivity index (χ1) is 10.0. The van der Waals surface area contributed by atoms with E-state index in [1.54, 1.807) is 63.7 Å². The maximum Gasteiger partial charge on any atom is 0.257 e. The number of ether oxygens (including phenoxy) is 2. The Morgan fingerprint density at radius 2 is 1.67 bits per heavy atom. The van der Waals surface area contributed by atoms with Crippen LogP contribution in [0, 0.1) is 0 Å². The number of nitrogen functional groups attached to an aromatic ring is 1. The molecule has 0 bridgehead atoms. The molecule has 2 aromatic rings. The van der Waals surface area contributed by atoms with Gasteiger partial charge in [-0.15, -0.1) is 0 Å².